The van der Waals surface area contributed by atoms with E-state index < -0.39 is 30.9 Å². The van der Waals surface area contributed by atoms with Crippen LogP contribution in [0.2, 0.25) is 0 Å². The van der Waals surface area contributed by atoms with E-state index >= 15 is 0 Å². The van der Waals surface area contributed by atoms with Crippen molar-refractivity contribution in [2.24, 2.45) is 0 Å². The van der Waals surface area contributed by atoms with Gasteiger partial charge < -0.3 is 5.32 Å². The molecule has 13 heteroatoms. The fourth-order valence-electron chi connectivity index (χ4n) is 2.49. The van der Waals surface area contributed by atoms with Gasteiger partial charge in [0, 0.05) is 36.8 Å². The number of nitrogens with zero attached hydrogens (tertiary/aromatic N) is 1. The van der Waals surface area contributed by atoms with Crippen LogP contribution in [0.25, 0.3) is 0 Å². The van der Waals surface area contributed by atoms with E-state index in [0.29, 0.717) is 12.1 Å². The van der Waals surface area contributed by atoms with Crippen molar-refractivity contribution >= 4 is 37.3 Å². The summed E-state index contributed by atoms with van der Waals surface area (Å²) >= 11 is 0. The Morgan fingerprint density at radius 2 is 1.50 bits per heavy atom. The molecule has 1 amide bonds. The molecule has 0 radical (unpaired) electrons. The molecule has 0 fully saturated rings. The minimum Gasteiger partial charge on any atom is -0.326 e. The van der Waals surface area contributed by atoms with Gasteiger partial charge in [-0.15, -0.1) is 0 Å². The van der Waals surface area contributed by atoms with Crippen molar-refractivity contribution in [1.29, 1.82) is 0 Å². The van der Waals surface area contributed by atoms with E-state index in [0.717, 1.165) is 24.3 Å². The Morgan fingerprint density at radius 1 is 0.969 bits per heavy atom. The molecule has 2 rings (SSSR count). The van der Waals surface area contributed by atoms with Gasteiger partial charge in [-0.1, -0.05) is 6.92 Å². The summed E-state index contributed by atoms with van der Waals surface area (Å²) in [4.78, 5) is 22.0. The average molecular weight is 485 g/mol. The molecule has 0 saturated heterocycles. The number of hydrogen-bond donors (Lipinski definition) is 3. The molecule has 0 heterocycles. The second-order valence-corrected chi connectivity index (χ2v) is 10.4. The molecule has 2 aromatic carbocycles. The molecule has 0 spiro atoms. The van der Waals surface area contributed by atoms with Crippen LogP contribution in [0.15, 0.2) is 58.3 Å². The van der Waals surface area contributed by atoms with Crippen LogP contribution in [0.4, 0.5) is 11.4 Å². The Kier molecular flexibility index (Phi) is 8.44. The third-order valence-electron chi connectivity index (χ3n) is 4.42. The highest BCUT2D eigenvalue weighted by molar-refractivity contribution is 7.89. The first-order chi connectivity index (χ1) is 14.9. The lowest BCUT2D eigenvalue weighted by Crippen LogP contribution is -2.32. The molecule has 0 aromatic heterocycles. The van der Waals surface area contributed by atoms with Crippen LogP contribution in [-0.2, 0) is 24.8 Å². The second-order valence-electron chi connectivity index (χ2n) is 6.90. The molecule has 3 N–H and O–H groups in total. The fourth-order valence-corrected chi connectivity index (χ4v) is 4.85. The number of nitro benzene ring substituents is 1. The van der Waals surface area contributed by atoms with Crippen molar-refractivity contribution in [3.05, 3.63) is 58.6 Å². The van der Waals surface area contributed by atoms with E-state index in [9.17, 15) is 31.7 Å². The summed E-state index contributed by atoms with van der Waals surface area (Å²) in [7, 11) is -7.59. The summed E-state index contributed by atoms with van der Waals surface area (Å²) in [5, 5.41) is 13.2. The highest BCUT2D eigenvalue weighted by Crippen LogP contribution is 2.16. The van der Waals surface area contributed by atoms with Crippen molar-refractivity contribution in [2.75, 3.05) is 11.9 Å². The molecule has 174 valence electrons. The lowest BCUT2D eigenvalue weighted by molar-refractivity contribution is -0.384. The normalized spacial score (nSPS) is 12.8. The molecule has 1 atom stereocenters. The number of amides is 1. The first kappa shape index (κ1) is 25.4. The first-order valence-corrected chi connectivity index (χ1v) is 12.6. The number of carbonyl (C=O) groups is 1. The number of nitro groups is 1. The average Bonchev–Trinajstić information content (AvgIpc) is 2.73. The maximum atomic E-state index is 12.2. The Labute approximate surface area is 186 Å². The summed E-state index contributed by atoms with van der Waals surface area (Å²) in [5.74, 6) is -0.482. The predicted molar refractivity (Wildman–Crippen MR) is 118 cm³/mol. The summed E-state index contributed by atoms with van der Waals surface area (Å²) in [6.07, 6.45) is 0.461. The third kappa shape index (κ3) is 7.09. The van der Waals surface area contributed by atoms with Crippen LogP contribution >= 0.6 is 0 Å². The van der Waals surface area contributed by atoms with Gasteiger partial charge in [0.1, 0.15) is 0 Å². The zero-order valence-corrected chi connectivity index (χ0v) is 19.1. The van der Waals surface area contributed by atoms with Gasteiger partial charge in [-0.25, -0.2) is 26.3 Å². The number of non-ortho nitro benzene ring substituents is 1. The van der Waals surface area contributed by atoms with Crippen molar-refractivity contribution in [3.63, 3.8) is 0 Å². The van der Waals surface area contributed by atoms with Gasteiger partial charge in [-0.05, 0) is 49.7 Å². The number of rotatable bonds is 11. The Balaban J connectivity index is 1.89. The van der Waals surface area contributed by atoms with Crippen LogP contribution in [0.1, 0.15) is 26.7 Å². The van der Waals surface area contributed by atoms with Crippen LogP contribution < -0.4 is 14.8 Å². The number of sulfonamides is 2. The number of carbonyl (C=O) groups excluding carboxylic acids is 1. The summed E-state index contributed by atoms with van der Waals surface area (Å²) in [6.45, 7) is 3.41. The lowest BCUT2D eigenvalue weighted by Gasteiger charge is -2.12. The molecule has 1 unspecified atom stereocenters. The van der Waals surface area contributed by atoms with Gasteiger partial charge in [0.2, 0.25) is 26.0 Å². The molecule has 2 aromatic rings. The zero-order chi connectivity index (χ0) is 23.9. The SMILES string of the molecule is CCC(C)NS(=O)(=O)c1ccc(NC(=O)CCNS(=O)(=O)c2ccc([N+](=O)[O-])cc2)cc1. The van der Waals surface area contributed by atoms with Crippen molar-refractivity contribution in [3.8, 4) is 0 Å². The molecular weight excluding hydrogens is 460 g/mol. The van der Waals surface area contributed by atoms with Crippen molar-refractivity contribution < 1.29 is 26.6 Å². The van der Waals surface area contributed by atoms with E-state index in [-0.39, 0.29) is 34.5 Å². The van der Waals surface area contributed by atoms with Crippen LogP contribution in [0, 0.1) is 10.1 Å². The summed E-state index contributed by atoms with van der Waals surface area (Å²) < 4.78 is 53.7. The fraction of sp³-hybridized carbons (Fsp3) is 0.316. The molecule has 0 saturated carbocycles. The molecule has 11 nitrogen and oxygen atoms in total. The topological polar surface area (TPSA) is 165 Å². The van der Waals surface area contributed by atoms with Gasteiger partial charge in [-0.3, -0.25) is 14.9 Å². The Bertz CT molecular complexity index is 1160. The monoisotopic (exact) mass is 484 g/mol. The van der Waals surface area contributed by atoms with E-state index in [4.69, 9.17) is 0 Å². The maximum Gasteiger partial charge on any atom is 0.269 e. The number of nitrogens with one attached hydrogen (secondary N) is 3. The van der Waals surface area contributed by atoms with Gasteiger partial charge in [0.05, 0.1) is 14.7 Å². The maximum absolute atomic E-state index is 12.2. The molecule has 0 aliphatic rings. The Morgan fingerprint density at radius 3 is 2.03 bits per heavy atom. The zero-order valence-electron chi connectivity index (χ0n) is 17.4. The van der Waals surface area contributed by atoms with Gasteiger partial charge in [0.15, 0.2) is 0 Å². The van der Waals surface area contributed by atoms with Gasteiger partial charge in [-0.2, -0.15) is 0 Å². The quantitative estimate of drug-likeness (QED) is 0.324. The second kappa shape index (κ2) is 10.6. The number of hydrogen-bond acceptors (Lipinski definition) is 7. The standard InChI is InChI=1S/C19H24N4O7S2/c1-3-14(2)22-32(29,30)18-8-4-15(5-9-18)21-19(24)12-13-20-31(27,28)17-10-6-16(7-11-17)23(25)26/h4-11,14,20,22H,3,12-13H2,1-2H3,(H,21,24). The molecule has 0 aliphatic carbocycles. The summed E-state index contributed by atoms with van der Waals surface area (Å²) in [5.41, 5.74) is 0.119. The first-order valence-electron chi connectivity index (χ1n) is 9.61. The van der Waals surface area contributed by atoms with Gasteiger partial charge >= 0.3 is 0 Å². The molecule has 32 heavy (non-hydrogen) atoms. The van der Waals surface area contributed by atoms with E-state index in [1.54, 1.807) is 6.92 Å². The highest BCUT2D eigenvalue weighted by Gasteiger charge is 2.18. The third-order valence-corrected chi connectivity index (χ3v) is 7.50. The van der Waals surface area contributed by atoms with Crippen molar-refractivity contribution in [2.45, 2.75) is 42.5 Å². The van der Waals surface area contributed by atoms with Crippen molar-refractivity contribution in [1.82, 2.24) is 9.44 Å². The summed E-state index contributed by atoms with van der Waals surface area (Å²) in [6, 6.07) is 9.73. The number of benzene rings is 2. The van der Waals surface area contributed by atoms with Crippen LogP contribution in [0.5, 0.6) is 0 Å². The van der Waals surface area contributed by atoms with E-state index in [1.807, 2.05) is 6.92 Å². The van der Waals surface area contributed by atoms with Crippen LogP contribution in [0.3, 0.4) is 0 Å². The minimum absolute atomic E-state index is 0.0617. The molecule has 0 bridgehead atoms. The van der Waals surface area contributed by atoms with Gasteiger partial charge in [0.25, 0.3) is 5.69 Å². The smallest absolute Gasteiger partial charge is 0.269 e. The molecule has 0 aliphatic heterocycles. The Hall–Kier alpha value is -2.87. The number of anilines is 1. The minimum atomic E-state index is -3.93. The highest BCUT2D eigenvalue weighted by atomic mass is 32.2. The largest absolute Gasteiger partial charge is 0.326 e. The molecular formula is C19H24N4O7S2. The lowest BCUT2D eigenvalue weighted by atomic mass is 10.3. The van der Waals surface area contributed by atoms with E-state index in [2.05, 4.69) is 14.8 Å². The predicted octanol–water partition coefficient (Wildman–Crippen LogP) is 1.98. The van der Waals surface area contributed by atoms with Crippen LogP contribution in [-0.4, -0.2) is 40.3 Å². The van der Waals surface area contributed by atoms with E-state index in [1.165, 1.54) is 24.3 Å².